The van der Waals surface area contributed by atoms with Crippen molar-refractivity contribution in [1.29, 1.82) is 0 Å². The van der Waals surface area contributed by atoms with Crippen LogP contribution in [0.2, 0.25) is 5.02 Å². The van der Waals surface area contributed by atoms with E-state index in [1.54, 1.807) is 12.1 Å². The molecule has 0 spiro atoms. The third-order valence-corrected chi connectivity index (χ3v) is 5.54. The minimum Gasteiger partial charge on any atom is -0.306 e. The molecule has 24 heavy (non-hydrogen) atoms. The Labute approximate surface area is 143 Å². The molecule has 0 aliphatic heterocycles. The van der Waals surface area contributed by atoms with Crippen molar-refractivity contribution in [2.75, 3.05) is 0 Å². The zero-order chi connectivity index (χ0) is 16.8. The Morgan fingerprint density at radius 1 is 1.25 bits per heavy atom. The lowest BCUT2D eigenvalue weighted by atomic mass is 9.99. The molecule has 1 unspecified atom stereocenters. The number of hydrogen-bond donors (Lipinski definition) is 1. The second-order valence-corrected chi connectivity index (χ2v) is 6.98. The molecule has 1 aliphatic carbocycles. The monoisotopic (exact) mass is 343 g/mol. The Hall–Kier alpha value is -2.14. The van der Waals surface area contributed by atoms with Gasteiger partial charge in [-0.2, -0.15) is 0 Å². The third kappa shape index (κ3) is 2.26. The van der Waals surface area contributed by atoms with Gasteiger partial charge in [0.2, 0.25) is 0 Å². The van der Waals surface area contributed by atoms with Crippen LogP contribution in [0.25, 0.3) is 21.8 Å². The lowest BCUT2D eigenvalue weighted by molar-refractivity contribution is 0.344. The first kappa shape index (κ1) is 15.4. The largest absolute Gasteiger partial charge is 0.329 e. The summed E-state index contributed by atoms with van der Waals surface area (Å²) in [6.07, 6.45) is 5.98. The number of halogens is 1. The first-order valence-electron chi connectivity index (χ1n) is 8.29. The van der Waals surface area contributed by atoms with E-state index in [1.165, 1.54) is 23.6 Å². The van der Waals surface area contributed by atoms with Gasteiger partial charge in [0.05, 0.1) is 21.4 Å². The maximum Gasteiger partial charge on any atom is 0.329 e. The summed E-state index contributed by atoms with van der Waals surface area (Å²) < 4.78 is 1.36. The van der Waals surface area contributed by atoms with Crippen molar-refractivity contribution in [3.05, 3.63) is 50.3 Å². The van der Waals surface area contributed by atoms with Gasteiger partial charge in [-0.15, -0.1) is 0 Å². The van der Waals surface area contributed by atoms with Crippen molar-refractivity contribution in [2.24, 2.45) is 5.92 Å². The fourth-order valence-electron chi connectivity index (χ4n) is 3.89. The van der Waals surface area contributed by atoms with E-state index >= 15 is 0 Å². The van der Waals surface area contributed by atoms with Gasteiger partial charge < -0.3 is 4.98 Å². The van der Waals surface area contributed by atoms with Crippen LogP contribution in [0.5, 0.6) is 0 Å². The standard InChI is InChI=1S/C18H18ClN3O2/c1-10(11-5-2-3-6-11)22-17(23)13-9-20-16-12(7-4-8-14(16)19)15(13)21-18(22)24/h4,7-11H,2-3,5-6H2,1H3,(H,21,24). The predicted octanol–water partition coefficient (Wildman–Crippen LogP) is 3.64. The fourth-order valence-corrected chi connectivity index (χ4v) is 4.12. The lowest BCUT2D eigenvalue weighted by Crippen LogP contribution is -2.39. The van der Waals surface area contributed by atoms with Crippen molar-refractivity contribution in [2.45, 2.75) is 38.6 Å². The number of aromatic nitrogens is 3. The van der Waals surface area contributed by atoms with Crippen LogP contribution in [-0.4, -0.2) is 14.5 Å². The fraction of sp³-hybridized carbons (Fsp3) is 0.389. The van der Waals surface area contributed by atoms with Crippen LogP contribution in [0.4, 0.5) is 0 Å². The van der Waals surface area contributed by atoms with Crippen molar-refractivity contribution < 1.29 is 0 Å². The van der Waals surface area contributed by atoms with Gasteiger partial charge in [-0.05, 0) is 31.7 Å². The zero-order valence-corrected chi connectivity index (χ0v) is 14.1. The molecular formula is C18H18ClN3O2. The van der Waals surface area contributed by atoms with Crippen LogP contribution < -0.4 is 11.2 Å². The Balaban J connectivity index is 2.00. The SMILES string of the molecule is CC(C1CCCC1)n1c(=O)[nH]c2c(cnc3c(Cl)cccc32)c1=O. The van der Waals surface area contributed by atoms with Crippen LogP contribution in [0.1, 0.15) is 38.6 Å². The van der Waals surface area contributed by atoms with Gasteiger partial charge in [-0.25, -0.2) is 4.79 Å². The Morgan fingerprint density at radius 3 is 2.75 bits per heavy atom. The molecule has 1 aromatic carbocycles. The molecule has 0 radical (unpaired) electrons. The van der Waals surface area contributed by atoms with E-state index in [4.69, 9.17) is 11.6 Å². The molecule has 1 saturated carbocycles. The van der Waals surface area contributed by atoms with Crippen LogP contribution in [-0.2, 0) is 0 Å². The van der Waals surface area contributed by atoms with Gasteiger partial charge >= 0.3 is 5.69 Å². The molecule has 3 aromatic rings. The first-order chi connectivity index (χ1) is 11.6. The average molecular weight is 344 g/mol. The summed E-state index contributed by atoms with van der Waals surface area (Å²) in [5.41, 5.74) is 0.456. The second-order valence-electron chi connectivity index (χ2n) is 6.57. The predicted molar refractivity (Wildman–Crippen MR) is 95.8 cm³/mol. The number of rotatable bonds is 2. The van der Waals surface area contributed by atoms with E-state index in [1.807, 2.05) is 13.0 Å². The van der Waals surface area contributed by atoms with E-state index in [0.29, 0.717) is 32.7 Å². The molecule has 2 aromatic heterocycles. The molecule has 0 bridgehead atoms. The highest BCUT2D eigenvalue weighted by Crippen LogP contribution is 2.33. The number of nitrogens with zero attached hydrogens (tertiary/aromatic N) is 2. The lowest BCUT2D eigenvalue weighted by Gasteiger charge is -2.21. The van der Waals surface area contributed by atoms with Crippen molar-refractivity contribution in [3.8, 4) is 0 Å². The molecule has 0 saturated heterocycles. The van der Waals surface area contributed by atoms with Gasteiger partial charge in [-0.1, -0.05) is 36.6 Å². The van der Waals surface area contributed by atoms with Gasteiger partial charge in [0.15, 0.2) is 0 Å². The number of fused-ring (bicyclic) bond motifs is 3. The van der Waals surface area contributed by atoms with E-state index in [9.17, 15) is 9.59 Å². The highest BCUT2D eigenvalue weighted by molar-refractivity contribution is 6.35. The summed E-state index contributed by atoms with van der Waals surface area (Å²) in [6, 6.07) is 5.24. The molecule has 0 amide bonds. The molecular weight excluding hydrogens is 326 g/mol. The topological polar surface area (TPSA) is 67.8 Å². The summed E-state index contributed by atoms with van der Waals surface area (Å²) in [5, 5.41) is 1.61. The summed E-state index contributed by atoms with van der Waals surface area (Å²) in [5.74, 6) is 0.379. The number of para-hydroxylation sites is 1. The molecule has 4 rings (SSSR count). The van der Waals surface area contributed by atoms with E-state index in [2.05, 4.69) is 9.97 Å². The molecule has 5 nitrogen and oxygen atoms in total. The molecule has 124 valence electrons. The average Bonchev–Trinajstić information content (AvgIpc) is 3.09. The molecule has 1 N–H and O–H groups in total. The second kappa shape index (κ2) is 5.74. The quantitative estimate of drug-likeness (QED) is 0.722. The van der Waals surface area contributed by atoms with Gasteiger partial charge in [-0.3, -0.25) is 14.3 Å². The van der Waals surface area contributed by atoms with Crippen LogP contribution in [0.15, 0.2) is 34.0 Å². The summed E-state index contributed by atoms with van der Waals surface area (Å²) in [6.45, 7) is 1.96. The number of hydrogen-bond acceptors (Lipinski definition) is 3. The Morgan fingerprint density at radius 2 is 2.00 bits per heavy atom. The van der Waals surface area contributed by atoms with E-state index in [0.717, 1.165) is 12.8 Å². The highest BCUT2D eigenvalue weighted by Gasteiger charge is 2.26. The Kier molecular flexibility index (Phi) is 3.68. The number of nitrogens with one attached hydrogen (secondary N) is 1. The van der Waals surface area contributed by atoms with Gasteiger partial charge in [0, 0.05) is 17.6 Å². The maximum atomic E-state index is 12.9. The maximum absolute atomic E-state index is 12.9. The minimum absolute atomic E-state index is 0.108. The zero-order valence-electron chi connectivity index (χ0n) is 13.4. The van der Waals surface area contributed by atoms with E-state index in [-0.39, 0.29) is 17.3 Å². The number of H-pyrrole nitrogens is 1. The molecule has 1 fully saturated rings. The molecule has 1 aliphatic rings. The van der Waals surface area contributed by atoms with Crippen LogP contribution in [0, 0.1) is 5.92 Å². The van der Waals surface area contributed by atoms with E-state index < -0.39 is 0 Å². The summed E-state index contributed by atoms with van der Waals surface area (Å²) in [7, 11) is 0. The summed E-state index contributed by atoms with van der Waals surface area (Å²) in [4.78, 5) is 32.8. The van der Waals surface area contributed by atoms with Gasteiger partial charge in [0.1, 0.15) is 0 Å². The number of benzene rings is 1. The van der Waals surface area contributed by atoms with Crippen molar-refractivity contribution >= 4 is 33.4 Å². The molecule has 2 heterocycles. The highest BCUT2D eigenvalue weighted by atomic mass is 35.5. The minimum atomic E-state index is -0.362. The van der Waals surface area contributed by atoms with Gasteiger partial charge in [0.25, 0.3) is 5.56 Å². The number of pyridine rings is 1. The van der Waals surface area contributed by atoms with Crippen molar-refractivity contribution in [3.63, 3.8) is 0 Å². The molecule has 6 heteroatoms. The molecule has 1 atom stereocenters. The normalized spacial score (nSPS) is 16.9. The van der Waals surface area contributed by atoms with Crippen LogP contribution in [0.3, 0.4) is 0 Å². The van der Waals surface area contributed by atoms with Crippen molar-refractivity contribution in [1.82, 2.24) is 14.5 Å². The number of aromatic amines is 1. The first-order valence-corrected chi connectivity index (χ1v) is 8.67. The Bertz CT molecular complexity index is 1050. The van der Waals surface area contributed by atoms with Crippen LogP contribution >= 0.6 is 11.6 Å². The third-order valence-electron chi connectivity index (χ3n) is 5.24. The summed E-state index contributed by atoms with van der Waals surface area (Å²) >= 11 is 6.17. The smallest absolute Gasteiger partial charge is 0.306 e.